The summed E-state index contributed by atoms with van der Waals surface area (Å²) >= 11 is 0. The predicted octanol–water partition coefficient (Wildman–Crippen LogP) is 2.38. The molecule has 1 atom stereocenters. The summed E-state index contributed by atoms with van der Waals surface area (Å²) < 4.78 is 30.9. The van der Waals surface area contributed by atoms with Crippen LogP contribution in [0.3, 0.4) is 0 Å². The van der Waals surface area contributed by atoms with E-state index in [0.717, 1.165) is 0 Å². The summed E-state index contributed by atoms with van der Waals surface area (Å²) in [7, 11) is 1.22. The molecule has 0 amide bonds. The fourth-order valence-corrected chi connectivity index (χ4v) is 1.22. The summed E-state index contributed by atoms with van der Waals surface area (Å²) in [6.07, 6.45) is 0.630. The Morgan fingerprint density at radius 3 is 2.21 bits per heavy atom. The van der Waals surface area contributed by atoms with Gasteiger partial charge in [-0.3, -0.25) is 0 Å². The van der Waals surface area contributed by atoms with Crippen molar-refractivity contribution in [3.05, 3.63) is 29.3 Å². The smallest absolute Gasteiger partial charge is 0.190 e. The maximum absolute atomic E-state index is 13.2. The van der Waals surface area contributed by atoms with Gasteiger partial charge in [-0.1, -0.05) is 6.92 Å². The first-order valence-corrected chi connectivity index (χ1v) is 4.38. The van der Waals surface area contributed by atoms with Crippen LogP contribution in [0.2, 0.25) is 0 Å². The Kier molecular flexibility index (Phi) is 3.41. The van der Waals surface area contributed by atoms with E-state index < -0.39 is 11.6 Å². The normalized spacial score (nSPS) is 12.6. The van der Waals surface area contributed by atoms with Crippen molar-refractivity contribution in [3.63, 3.8) is 0 Å². The summed E-state index contributed by atoms with van der Waals surface area (Å²) in [5.41, 5.74) is 6.10. The number of hydrogen-bond acceptors (Lipinski definition) is 2. The molecule has 1 rings (SSSR count). The van der Waals surface area contributed by atoms with Gasteiger partial charge in [-0.25, -0.2) is 8.78 Å². The van der Waals surface area contributed by atoms with Gasteiger partial charge >= 0.3 is 0 Å². The molecular formula is C10H13F2NO. The predicted molar refractivity (Wildman–Crippen MR) is 50.1 cm³/mol. The van der Waals surface area contributed by atoms with Crippen molar-refractivity contribution in [1.29, 1.82) is 0 Å². The lowest BCUT2D eigenvalue weighted by molar-refractivity contribution is 0.358. The van der Waals surface area contributed by atoms with Crippen molar-refractivity contribution in [1.82, 2.24) is 0 Å². The Morgan fingerprint density at radius 1 is 1.36 bits per heavy atom. The fraction of sp³-hybridized carbons (Fsp3) is 0.400. The fourth-order valence-electron chi connectivity index (χ4n) is 1.22. The van der Waals surface area contributed by atoms with Crippen molar-refractivity contribution in [3.8, 4) is 5.75 Å². The first-order valence-electron chi connectivity index (χ1n) is 4.38. The highest BCUT2D eigenvalue weighted by atomic mass is 19.1. The van der Waals surface area contributed by atoms with E-state index in [-0.39, 0.29) is 11.8 Å². The third-order valence-corrected chi connectivity index (χ3v) is 2.09. The van der Waals surface area contributed by atoms with Crippen LogP contribution >= 0.6 is 0 Å². The molecule has 0 aliphatic carbocycles. The number of rotatable bonds is 3. The Balaban J connectivity index is 3.13. The largest absolute Gasteiger partial charge is 0.491 e. The van der Waals surface area contributed by atoms with Crippen LogP contribution in [-0.4, -0.2) is 7.11 Å². The van der Waals surface area contributed by atoms with Crippen LogP contribution in [0, 0.1) is 11.6 Å². The third-order valence-electron chi connectivity index (χ3n) is 2.09. The van der Waals surface area contributed by atoms with Crippen molar-refractivity contribution in [2.24, 2.45) is 5.73 Å². The maximum atomic E-state index is 13.2. The van der Waals surface area contributed by atoms with Crippen molar-refractivity contribution >= 4 is 0 Å². The molecule has 0 aliphatic rings. The van der Waals surface area contributed by atoms with E-state index >= 15 is 0 Å². The number of halogens is 2. The Morgan fingerprint density at radius 2 is 1.86 bits per heavy atom. The van der Waals surface area contributed by atoms with Crippen LogP contribution in [0.4, 0.5) is 8.78 Å². The second-order valence-corrected chi connectivity index (χ2v) is 3.03. The molecule has 0 spiro atoms. The molecule has 14 heavy (non-hydrogen) atoms. The summed E-state index contributed by atoms with van der Waals surface area (Å²) in [5.74, 6) is -1.80. The Bertz CT molecular complexity index is 305. The molecule has 1 aromatic carbocycles. The van der Waals surface area contributed by atoms with Crippen LogP contribution in [0.1, 0.15) is 24.9 Å². The lowest BCUT2D eigenvalue weighted by atomic mass is 10.1. The monoisotopic (exact) mass is 201 g/mol. The van der Waals surface area contributed by atoms with E-state index in [1.54, 1.807) is 0 Å². The lowest BCUT2D eigenvalue weighted by Gasteiger charge is -2.11. The van der Waals surface area contributed by atoms with Gasteiger partial charge in [0, 0.05) is 6.04 Å². The van der Waals surface area contributed by atoms with E-state index in [1.165, 1.54) is 19.2 Å². The minimum absolute atomic E-state index is 0.343. The third kappa shape index (κ3) is 2.01. The van der Waals surface area contributed by atoms with Gasteiger partial charge in [0.2, 0.25) is 0 Å². The molecule has 0 heterocycles. The summed E-state index contributed by atoms with van der Waals surface area (Å²) in [5, 5.41) is 0. The first-order chi connectivity index (χ1) is 6.60. The van der Waals surface area contributed by atoms with Gasteiger partial charge in [-0.2, -0.15) is 0 Å². The van der Waals surface area contributed by atoms with Gasteiger partial charge < -0.3 is 10.5 Å². The molecule has 0 aliphatic heterocycles. The highest BCUT2D eigenvalue weighted by Gasteiger charge is 2.14. The van der Waals surface area contributed by atoms with Crippen LogP contribution in [-0.2, 0) is 0 Å². The standard InChI is InChI=1S/C10H13F2NO/c1-3-9(13)6-4-7(11)10(14-2)8(12)5-6/h4-5,9H,3,13H2,1-2H3/t9-/m0/s1. The minimum Gasteiger partial charge on any atom is -0.491 e. The molecule has 0 aromatic heterocycles. The average molecular weight is 201 g/mol. The zero-order valence-corrected chi connectivity index (χ0v) is 8.18. The summed E-state index contributed by atoms with van der Waals surface area (Å²) in [6.45, 7) is 1.85. The Hall–Kier alpha value is -1.16. The van der Waals surface area contributed by atoms with Gasteiger partial charge in [0.25, 0.3) is 0 Å². The molecule has 0 radical (unpaired) electrons. The van der Waals surface area contributed by atoms with Crippen LogP contribution in [0.5, 0.6) is 5.75 Å². The number of ether oxygens (including phenoxy) is 1. The van der Waals surface area contributed by atoms with Crippen molar-refractivity contribution in [2.45, 2.75) is 19.4 Å². The molecule has 0 fully saturated rings. The van der Waals surface area contributed by atoms with Crippen LogP contribution in [0.15, 0.2) is 12.1 Å². The molecule has 0 saturated carbocycles. The van der Waals surface area contributed by atoms with Gasteiger partial charge in [0.15, 0.2) is 17.4 Å². The zero-order valence-electron chi connectivity index (χ0n) is 8.18. The SMILES string of the molecule is CC[C@H](N)c1cc(F)c(OC)c(F)c1. The molecule has 0 bridgehead atoms. The molecule has 0 saturated heterocycles. The summed E-state index contributed by atoms with van der Waals surface area (Å²) in [4.78, 5) is 0. The summed E-state index contributed by atoms with van der Waals surface area (Å²) in [6, 6.07) is 2.07. The van der Waals surface area contributed by atoms with Crippen molar-refractivity contribution < 1.29 is 13.5 Å². The average Bonchev–Trinajstić information content (AvgIpc) is 2.16. The molecule has 78 valence electrons. The van der Waals surface area contributed by atoms with E-state index in [1.807, 2.05) is 6.92 Å². The molecule has 1 aromatic rings. The second-order valence-electron chi connectivity index (χ2n) is 3.03. The van der Waals surface area contributed by atoms with E-state index in [0.29, 0.717) is 12.0 Å². The zero-order chi connectivity index (χ0) is 10.7. The van der Waals surface area contributed by atoms with Crippen molar-refractivity contribution in [2.75, 3.05) is 7.11 Å². The molecule has 2 N–H and O–H groups in total. The number of methoxy groups -OCH3 is 1. The maximum Gasteiger partial charge on any atom is 0.190 e. The molecule has 4 heteroatoms. The van der Waals surface area contributed by atoms with E-state index in [9.17, 15) is 8.78 Å². The topological polar surface area (TPSA) is 35.2 Å². The molecule has 0 unspecified atom stereocenters. The van der Waals surface area contributed by atoms with Crippen LogP contribution < -0.4 is 10.5 Å². The minimum atomic E-state index is -0.716. The van der Waals surface area contributed by atoms with Gasteiger partial charge in [-0.15, -0.1) is 0 Å². The molecule has 2 nitrogen and oxygen atoms in total. The highest BCUT2D eigenvalue weighted by Crippen LogP contribution is 2.25. The lowest BCUT2D eigenvalue weighted by Crippen LogP contribution is -2.09. The van der Waals surface area contributed by atoms with Gasteiger partial charge in [-0.05, 0) is 24.1 Å². The number of nitrogens with two attached hydrogens (primary N) is 1. The Labute approximate surface area is 81.7 Å². The van der Waals surface area contributed by atoms with Crippen LogP contribution in [0.25, 0.3) is 0 Å². The van der Waals surface area contributed by atoms with E-state index in [4.69, 9.17) is 5.73 Å². The van der Waals surface area contributed by atoms with Gasteiger partial charge in [0.1, 0.15) is 0 Å². The first kappa shape index (κ1) is 10.9. The number of benzene rings is 1. The molecular weight excluding hydrogens is 188 g/mol. The highest BCUT2D eigenvalue weighted by molar-refractivity contribution is 5.32. The quantitative estimate of drug-likeness (QED) is 0.814. The van der Waals surface area contributed by atoms with Gasteiger partial charge in [0.05, 0.1) is 7.11 Å². The van der Waals surface area contributed by atoms with E-state index in [2.05, 4.69) is 4.74 Å². The second kappa shape index (κ2) is 4.37. The number of hydrogen-bond donors (Lipinski definition) is 1.